The highest BCUT2D eigenvalue weighted by Crippen LogP contribution is 2.28. The van der Waals surface area contributed by atoms with Crippen molar-refractivity contribution in [2.24, 2.45) is 0 Å². The lowest BCUT2D eigenvalue weighted by atomic mass is 10.1. The van der Waals surface area contributed by atoms with Gasteiger partial charge in [-0.3, -0.25) is 0 Å². The lowest BCUT2D eigenvalue weighted by Gasteiger charge is -2.10. The number of halogens is 2. The fourth-order valence-electron chi connectivity index (χ4n) is 1.17. The van der Waals surface area contributed by atoms with Crippen molar-refractivity contribution in [1.82, 2.24) is 5.32 Å². The first-order chi connectivity index (χ1) is 6.69. The maximum Gasteiger partial charge on any atom is 0.138 e. The van der Waals surface area contributed by atoms with E-state index in [-0.39, 0.29) is 0 Å². The number of ether oxygens (including phenoxy) is 1. The molecule has 1 unspecified atom stereocenters. The molecule has 0 radical (unpaired) electrons. The summed E-state index contributed by atoms with van der Waals surface area (Å²) in [5, 5.41) is 2.79. The van der Waals surface area contributed by atoms with Crippen LogP contribution in [0.1, 0.15) is 11.7 Å². The lowest BCUT2D eigenvalue weighted by Crippen LogP contribution is -2.13. The van der Waals surface area contributed by atoms with E-state index < -0.39 is 6.17 Å². The van der Waals surface area contributed by atoms with E-state index in [1.165, 1.54) is 0 Å². The molecule has 4 heteroatoms. The normalized spacial score (nSPS) is 12.6. The Hall–Kier alpha value is -0.610. The summed E-state index contributed by atoms with van der Waals surface area (Å²) < 4.78 is 19.3. The summed E-state index contributed by atoms with van der Waals surface area (Å²) >= 11 is 3.31. The zero-order chi connectivity index (χ0) is 10.6. The standard InChI is InChI=1S/C10H13BrFNO/c1-13-6-9(12)7-3-4-10(14-2)8(11)5-7/h3-5,9,13H,6H2,1-2H3. The van der Waals surface area contributed by atoms with E-state index in [0.29, 0.717) is 17.9 Å². The molecule has 0 heterocycles. The van der Waals surface area contributed by atoms with Gasteiger partial charge in [-0.25, -0.2) is 4.39 Å². The molecule has 0 spiro atoms. The van der Waals surface area contributed by atoms with Gasteiger partial charge in [0.25, 0.3) is 0 Å². The van der Waals surface area contributed by atoms with Gasteiger partial charge in [0.05, 0.1) is 11.6 Å². The van der Waals surface area contributed by atoms with Crippen LogP contribution in [-0.4, -0.2) is 20.7 Å². The number of hydrogen-bond donors (Lipinski definition) is 1. The van der Waals surface area contributed by atoms with Gasteiger partial charge in [-0.15, -0.1) is 0 Å². The molecular weight excluding hydrogens is 249 g/mol. The van der Waals surface area contributed by atoms with Crippen LogP contribution >= 0.6 is 15.9 Å². The Morgan fingerprint density at radius 1 is 1.57 bits per heavy atom. The number of alkyl halides is 1. The van der Waals surface area contributed by atoms with Crippen LogP contribution in [0, 0.1) is 0 Å². The molecule has 0 amide bonds. The van der Waals surface area contributed by atoms with Gasteiger partial charge < -0.3 is 10.1 Å². The maximum absolute atomic E-state index is 13.4. The summed E-state index contributed by atoms with van der Waals surface area (Å²) in [6.07, 6.45) is -0.984. The fourth-order valence-corrected chi connectivity index (χ4v) is 1.73. The summed E-state index contributed by atoms with van der Waals surface area (Å²) in [7, 11) is 3.31. The zero-order valence-corrected chi connectivity index (χ0v) is 9.77. The molecule has 0 saturated carbocycles. The third kappa shape index (κ3) is 2.69. The van der Waals surface area contributed by atoms with E-state index in [1.54, 1.807) is 32.4 Å². The molecule has 14 heavy (non-hydrogen) atoms. The summed E-state index contributed by atoms with van der Waals surface area (Å²) in [5.74, 6) is 0.713. The Balaban J connectivity index is 2.85. The van der Waals surface area contributed by atoms with Crippen molar-refractivity contribution in [2.45, 2.75) is 6.17 Å². The van der Waals surface area contributed by atoms with Crippen LogP contribution in [0.15, 0.2) is 22.7 Å². The Labute approximate surface area is 91.6 Å². The van der Waals surface area contributed by atoms with Gasteiger partial charge in [-0.2, -0.15) is 0 Å². The average molecular weight is 262 g/mol. The number of methoxy groups -OCH3 is 1. The monoisotopic (exact) mass is 261 g/mol. The van der Waals surface area contributed by atoms with Crippen LogP contribution in [0.4, 0.5) is 4.39 Å². The van der Waals surface area contributed by atoms with Crippen LogP contribution in [-0.2, 0) is 0 Å². The van der Waals surface area contributed by atoms with Crippen LogP contribution in [0.2, 0.25) is 0 Å². The third-order valence-corrected chi connectivity index (χ3v) is 2.54. The zero-order valence-electron chi connectivity index (χ0n) is 8.18. The van der Waals surface area contributed by atoms with Gasteiger partial charge in [0.2, 0.25) is 0 Å². The molecule has 1 rings (SSSR count). The molecule has 0 aromatic heterocycles. The Morgan fingerprint density at radius 2 is 2.29 bits per heavy atom. The number of benzene rings is 1. The van der Waals surface area contributed by atoms with Crippen LogP contribution in [0.5, 0.6) is 5.75 Å². The fraction of sp³-hybridized carbons (Fsp3) is 0.400. The van der Waals surface area contributed by atoms with Crippen molar-refractivity contribution in [3.05, 3.63) is 28.2 Å². The smallest absolute Gasteiger partial charge is 0.138 e. The van der Waals surface area contributed by atoms with Crippen LogP contribution < -0.4 is 10.1 Å². The Morgan fingerprint density at radius 3 is 2.79 bits per heavy atom. The molecule has 0 bridgehead atoms. The Kier molecular flexibility index (Phi) is 4.35. The highest BCUT2D eigenvalue weighted by Gasteiger charge is 2.10. The third-order valence-electron chi connectivity index (χ3n) is 1.92. The second-order valence-corrected chi connectivity index (χ2v) is 3.77. The van der Waals surface area contributed by atoms with E-state index in [2.05, 4.69) is 21.2 Å². The summed E-state index contributed by atoms with van der Waals surface area (Å²) in [5.41, 5.74) is 0.645. The van der Waals surface area contributed by atoms with E-state index in [9.17, 15) is 4.39 Å². The van der Waals surface area contributed by atoms with Crippen molar-refractivity contribution >= 4 is 15.9 Å². The molecule has 1 atom stereocenters. The largest absolute Gasteiger partial charge is 0.496 e. The highest BCUT2D eigenvalue weighted by molar-refractivity contribution is 9.10. The van der Waals surface area contributed by atoms with Crippen LogP contribution in [0.25, 0.3) is 0 Å². The summed E-state index contributed by atoms with van der Waals surface area (Å²) in [4.78, 5) is 0. The molecule has 78 valence electrons. The molecular formula is C10H13BrFNO. The molecule has 1 aromatic rings. The van der Waals surface area contributed by atoms with E-state index in [1.807, 2.05) is 0 Å². The quantitative estimate of drug-likeness (QED) is 0.900. The number of hydrogen-bond acceptors (Lipinski definition) is 2. The summed E-state index contributed by atoms with van der Waals surface area (Å²) in [6, 6.07) is 5.22. The minimum absolute atomic E-state index is 0.318. The van der Waals surface area contributed by atoms with Gasteiger partial charge in [0, 0.05) is 6.54 Å². The topological polar surface area (TPSA) is 21.3 Å². The summed E-state index contributed by atoms with van der Waals surface area (Å²) in [6.45, 7) is 0.318. The minimum Gasteiger partial charge on any atom is -0.496 e. The van der Waals surface area contributed by atoms with Gasteiger partial charge in [0.1, 0.15) is 11.9 Å². The number of likely N-dealkylation sites (N-methyl/N-ethyl adjacent to an activating group) is 1. The minimum atomic E-state index is -0.984. The second-order valence-electron chi connectivity index (χ2n) is 2.92. The van der Waals surface area contributed by atoms with Crippen molar-refractivity contribution in [3.63, 3.8) is 0 Å². The average Bonchev–Trinajstić information content (AvgIpc) is 2.18. The predicted octanol–water partition coefficient (Wildman–Crippen LogP) is 2.69. The molecule has 2 nitrogen and oxygen atoms in total. The molecule has 0 fully saturated rings. The maximum atomic E-state index is 13.4. The van der Waals surface area contributed by atoms with Crippen molar-refractivity contribution in [3.8, 4) is 5.75 Å². The molecule has 0 aliphatic carbocycles. The molecule has 0 saturated heterocycles. The van der Waals surface area contributed by atoms with Crippen LogP contribution in [0.3, 0.4) is 0 Å². The molecule has 0 aliphatic heterocycles. The van der Waals surface area contributed by atoms with Gasteiger partial charge in [-0.05, 0) is 40.7 Å². The first-order valence-electron chi connectivity index (χ1n) is 4.31. The SMILES string of the molecule is CNCC(F)c1ccc(OC)c(Br)c1. The molecule has 1 aromatic carbocycles. The van der Waals surface area contributed by atoms with E-state index in [4.69, 9.17) is 4.74 Å². The van der Waals surface area contributed by atoms with Crippen molar-refractivity contribution < 1.29 is 9.13 Å². The second kappa shape index (κ2) is 5.32. The van der Waals surface area contributed by atoms with Gasteiger partial charge in [0.15, 0.2) is 0 Å². The van der Waals surface area contributed by atoms with E-state index >= 15 is 0 Å². The van der Waals surface area contributed by atoms with Crippen molar-refractivity contribution in [2.75, 3.05) is 20.7 Å². The van der Waals surface area contributed by atoms with E-state index in [0.717, 1.165) is 4.47 Å². The Bertz CT molecular complexity index is 306. The molecule has 0 aliphatic rings. The molecule has 1 N–H and O–H groups in total. The van der Waals surface area contributed by atoms with Gasteiger partial charge in [-0.1, -0.05) is 6.07 Å². The first kappa shape index (κ1) is 11.5. The number of nitrogens with one attached hydrogen (secondary N) is 1. The van der Waals surface area contributed by atoms with Crippen molar-refractivity contribution in [1.29, 1.82) is 0 Å². The number of rotatable bonds is 4. The highest BCUT2D eigenvalue weighted by atomic mass is 79.9. The predicted molar refractivity (Wildman–Crippen MR) is 58.5 cm³/mol. The van der Waals surface area contributed by atoms with Gasteiger partial charge >= 0.3 is 0 Å². The first-order valence-corrected chi connectivity index (χ1v) is 5.10. The lowest BCUT2D eigenvalue weighted by molar-refractivity contribution is 0.335.